The van der Waals surface area contributed by atoms with Gasteiger partial charge in [0.15, 0.2) is 0 Å². The Bertz CT molecular complexity index is 505. The first-order valence-corrected chi connectivity index (χ1v) is 7.21. The quantitative estimate of drug-likeness (QED) is 0.755. The van der Waals surface area contributed by atoms with Gasteiger partial charge in [-0.2, -0.15) is 0 Å². The number of urea groups is 1. The van der Waals surface area contributed by atoms with E-state index in [9.17, 15) is 9.59 Å². The third-order valence-corrected chi connectivity index (χ3v) is 3.54. The fourth-order valence-electron chi connectivity index (χ4n) is 1.92. The molecule has 2 atom stereocenters. The average molecular weight is 313 g/mol. The van der Waals surface area contributed by atoms with Crippen LogP contribution in [0.5, 0.6) is 0 Å². The molecule has 1 rings (SSSR count). The third-order valence-electron chi connectivity index (χ3n) is 3.30. The van der Waals surface area contributed by atoms with Gasteiger partial charge in [0.2, 0.25) is 0 Å². The number of carboxylic acids is 1. The second-order valence-corrected chi connectivity index (χ2v) is 5.76. The molecule has 3 N–H and O–H groups in total. The number of amides is 2. The predicted molar refractivity (Wildman–Crippen MR) is 82.4 cm³/mol. The van der Waals surface area contributed by atoms with Crippen molar-refractivity contribution in [2.24, 2.45) is 11.8 Å². The number of hydrogen-bond donors (Lipinski definition) is 3. The minimum atomic E-state index is -0.909. The average Bonchev–Trinajstić information content (AvgIpc) is 2.37. The number of benzene rings is 1. The van der Waals surface area contributed by atoms with E-state index in [1.165, 1.54) is 0 Å². The zero-order valence-corrected chi connectivity index (χ0v) is 13.1. The molecule has 6 heteroatoms. The van der Waals surface area contributed by atoms with Crippen molar-refractivity contribution in [1.29, 1.82) is 0 Å². The summed E-state index contributed by atoms with van der Waals surface area (Å²) in [5.74, 6) is -1.56. The highest BCUT2D eigenvalue weighted by Crippen LogP contribution is 2.17. The largest absolute Gasteiger partial charge is 0.481 e. The Morgan fingerprint density at radius 1 is 1.29 bits per heavy atom. The molecule has 0 spiro atoms. The van der Waals surface area contributed by atoms with Crippen molar-refractivity contribution in [1.82, 2.24) is 10.6 Å². The van der Waals surface area contributed by atoms with Crippen molar-refractivity contribution in [2.75, 3.05) is 6.54 Å². The molecule has 1 aromatic rings. The number of halogens is 1. The van der Waals surface area contributed by atoms with Gasteiger partial charge in [0.1, 0.15) is 0 Å². The Hall–Kier alpha value is -1.75. The SMILES string of the molecule is CC(NC(=O)NCC(C(=O)O)C(C)C)c1cccc(Cl)c1. The minimum Gasteiger partial charge on any atom is -0.481 e. The zero-order chi connectivity index (χ0) is 16.0. The van der Waals surface area contributed by atoms with Crippen molar-refractivity contribution in [2.45, 2.75) is 26.8 Å². The second-order valence-electron chi connectivity index (χ2n) is 5.32. The van der Waals surface area contributed by atoms with E-state index in [0.29, 0.717) is 5.02 Å². The predicted octanol–water partition coefficient (Wildman–Crippen LogP) is 3.06. The summed E-state index contributed by atoms with van der Waals surface area (Å²) in [4.78, 5) is 22.9. The van der Waals surface area contributed by atoms with Crippen molar-refractivity contribution >= 4 is 23.6 Å². The molecule has 2 amide bonds. The molecule has 0 saturated carbocycles. The number of carbonyl (C=O) groups excluding carboxylic acids is 1. The molecule has 1 aromatic carbocycles. The van der Waals surface area contributed by atoms with Crippen molar-refractivity contribution in [3.8, 4) is 0 Å². The fourth-order valence-corrected chi connectivity index (χ4v) is 2.12. The van der Waals surface area contributed by atoms with Crippen LogP contribution < -0.4 is 10.6 Å². The van der Waals surface area contributed by atoms with Gasteiger partial charge in [0, 0.05) is 11.6 Å². The van der Waals surface area contributed by atoms with Gasteiger partial charge in [-0.05, 0) is 30.5 Å². The van der Waals surface area contributed by atoms with Crippen LogP contribution in [0.25, 0.3) is 0 Å². The molecule has 2 unspecified atom stereocenters. The molecule has 0 saturated heterocycles. The van der Waals surface area contributed by atoms with Crippen LogP contribution in [0.2, 0.25) is 5.02 Å². The van der Waals surface area contributed by atoms with Gasteiger partial charge in [-0.15, -0.1) is 0 Å². The number of carboxylic acid groups (broad SMARTS) is 1. The number of hydrogen-bond acceptors (Lipinski definition) is 2. The highest BCUT2D eigenvalue weighted by molar-refractivity contribution is 6.30. The van der Waals surface area contributed by atoms with Gasteiger partial charge in [-0.3, -0.25) is 4.79 Å². The molecule has 21 heavy (non-hydrogen) atoms. The van der Waals surface area contributed by atoms with Gasteiger partial charge < -0.3 is 15.7 Å². The fraction of sp³-hybridized carbons (Fsp3) is 0.467. The summed E-state index contributed by atoms with van der Waals surface area (Å²) < 4.78 is 0. The summed E-state index contributed by atoms with van der Waals surface area (Å²) in [7, 11) is 0. The lowest BCUT2D eigenvalue weighted by atomic mass is 9.96. The van der Waals surface area contributed by atoms with Crippen molar-refractivity contribution < 1.29 is 14.7 Å². The van der Waals surface area contributed by atoms with Gasteiger partial charge in [0.25, 0.3) is 0 Å². The maximum Gasteiger partial charge on any atom is 0.315 e. The molecule has 0 aliphatic carbocycles. The first kappa shape index (κ1) is 17.3. The van der Waals surface area contributed by atoms with Crippen LogP contribution in [-0.4, -0.2) is 23.7 Å². The van der Waals surface area contributed by atoms with E-state index in [0.717, 1.165) is 5.56 Å². The van der Waals surface area contributed by atoms with E-state index < -0.39 is 17.9 Å². The smallest absolute Gasteiger partial charge is 0.315 e. The van der Waals surface area contributed by atoms with Crippen LogP contribution in [0.3, 0.4) is 0 Å². The Labute approximate surface area is 129 Å². The zero-order valence-electron chi connectivity index (χ0n) is 12.4. The lowest BCUT2D eigenvalue weighted by Gasteiger charge is -2.19. The Morgan fingerprint density at radius 2 is 1.95 bits per heavy atom. The van der Waals surface area contributed by atoms with E-state index in [2.05, 4.69) is 10.6 Å². The highest BCUT2D eigenvalue weighted by Gasteiger charge is 2.22. The lowest BCUT2D eigenvalue weighted by Crippen LogP contribution is -2.42. The molecule has 0 bridgehead atoms. The summed E-state index contributed by atoms with van der Waals surface area (Å²) in [6.07, 6.45) is 0. The normalized spacial score (nSPS) is 13.6. The molecule has 5 nitrogen and oxygen atoms in total. The maximum atomic E-state index is 11.8. The molecule has 0 radical (unpaired) electrons. The molecule has 0 aromatic heterocycles. The monoisotopic (exact) mass is 312 g/mol. The van der Waals surface area contributed by atoms with E-state index in [4.69, 9.17) is 16.7 Å². The molecular formula is C15H21ClN2O3. The first-order chi connectivity index (χ1) is 9.81. The summed E-state index contributed by atoms with van der Waals surface area (Å²) >= 11 is 5.90. The van der Waals surface area contributed by atoms with Gasteiger partial charge in [-0.1, -0.05) is 37.6 Å². The molecule has 0 aliphatic rings. The Morgan fingerprint density at radius 3 is 2.48 bits per heavy atom. The van der Waals surface area contributed by atoms with Crippen LogP contribution in [0.4, 0.5) is 4.79 Å². The van der Waals surface area contributed by atoms with E-state index in [-0.39, 0.29) is 18.5 Å². The lowest BCUT2D eigenvalue weighted by molar-refractivity contribution is -0.142. The van der Waals surface area contributed by atoms with Crippen LogP contribution >= 0.6 is 11.6 Å². The molecule has 0 fully saturated rings. The van der Waals surface area contributed by atoms with E-state index >= 15 is 0 Å². The van der Waals surface area contributed by atoms with Gasteiger partial charge in [0.05, 0.1) is 12.0 Å². The molecule has 0 aliphatic heterocycles. The topological polar surface area (TPSA) is 78.4 Å². The Balaban J connectivity index is 2.52. The molecule has 0 heterocycles. The summed E-state index contributed by atoms with van der Waals surface area (Å²) in [5, 5.41) is 15.0. The van der Waals surface area contributed by atoms with E-state index in [1.54, 1.807) is 12.1 Å². The van der Waals surface area contributed by atoms with Gasteiger partial charge in [-0.25, -0.2) is 4.79 Å². The standard InChI is InChI=1S/C15H21ClN2O3/c1-9(2)13(14(19)20)8-17-15(21)18-10(3)11-5-4-6-12(16)7-11/h4-7,9-10,13H,8H2,1-3H3,(H,19,20)(H2,17,18,21). The van der Waals surface area contributed by atoms with Crippen LogP contribution in [0, 0.1) is 11.8 Å². The second kappa shape index (κ2) is 7.88. The summed E-state index contributed by atoms with van der Waals surface area (Å²) in [6.45, 7) is 5.56. The minimum absolute atomic E-state index is 0.0480. The summed E-state index contributed by atoms with van der Waals surface area (Å²) in [6, 6.07) is 6.61. The summed E-state index contributed by atoms with van der Waals surface area (Å²) in [5.41, 5.74) is 0.885. The third kappa shape index (κ3) is 5.63. The van der Waals surface area contributed by atoms with Crippen molar-refractivity contribution in [3.63, 3.8) is 0 Å². The number of aliphatic carboxylic acids is 1. The van der Waals surface area contributed by atoms with E-state index in [1.807, 2.05) is 32.9 Å². The van der Waals surface area contributed by atoms with Crippen LogP contribution in [0.1, 0.15) is 32.4 Å². The first-order valence-electron chi connectivity index (χ1n) is 6.84. The number of carbonyl (C=O) groups is 2. The highest BCUT2D eigenvalue weighted by atomic mass is 35.5. The Kier molecular flexibility index (Phi) is 6.49. The number of rotatable bonds is 6. The molecule has 116 valence electrons. The van der Waals surface area contributed by atoms with Crippen molar-refractivity contribution in [3.05, 3.63) is 34.9 Å². The van der Waals surface area contributed by atoms with Crippen LogP contribution in [0.15, 0.2) is 24.3 Å². The van der Waals surface area contributed by atoms with Crippen LogP contribution in [-0.2, 0) is 4.79 Å². The maximum absolute atomic E-state index is 11.8. The molecular weight excluding hydrogens is 292 g/mol. The number of nitrogens with one attached hydrogen (secondary N) is 2. The van der Waals surface area contributed by atoms with Gasteiger partial charge >= 0.3 is 12.0 Å².